The molecule has 0 aromatic heterocycles. The Kier molecular flexibility index (Phi) is 4.59. The Balaban J connectivity index is 2.17. The number of benzene rings is 2. The summed E-state index contributed by atoms with van der Waals surface area (Å²) in [4.78, 5) is 12.2. The van der Waals surface area contributed by atoms with Gasteiger partial charge in [0.1, 0.15) is 0 Å². The second-order valence-corrected chi connectivity index (χ2v) is 5.35. The molecule has 6 heteroatoms. The monoisotopic (exact) mass is 347 g/mol. The highest BCUT2D eigenvalue weighted by molar-refractivity contribution is 9.10. The van der Waals surface area contributed by atoms with E-state index in [9.17, 15) is 4.79 Å². The average molecular weight is 348 g/mol. The van der Waals surface area contributed by atoms with Crippen molar-refractivity contribution < 1.29 is 10.0 Å². The molecule has 0 fully saturated rings. The van der Waals surface area contributed by atoms with Gasteiger partial charge >= 0.3 is 0 Å². The Labute approximate surface area is 130 Å². The number of halogens is 1. The summed E-state index contributed by atoms with van der Waals surface area (Å²) in [5.41, 5.74) is 8.30. The summed E-state index contributed by atoms with van der Waals surface area (Å²) in [7, 11) is 0. The number of carbonyl (C=O) groups excluding carboxylic acids is 1. The van der Waals surface area contributed by atoms with Gasteiger partial charge in [0.2, 0.25) is 0 Å². The minimum absolute atomic E-state index is 0.00300. The molecule has 0 aliphatic rings. The Morgan fingerprint density at radius 1 is 1.19 bits per heavy atom. The summed E-state index contributed by atoms with van der Waals surface area (Å²) in [6, 6.07) is 12.2. The predicted molar refractivity (Wildman–Crippen MR) is 85.8 cm³/mol. The van der Waals surface area contributed by atoms with Gasteiger partial charge in [-0.05, 0) is 52.7 Å². The number of hydrogen-bond acceptors (Lipinski definition) is 3. The minimum Gasteiger partial charge on any atom is -0.409 e. The summed E-state index contributed by atoms with van der Waals surface area (Å²) in [5.74, 6) is -0.228. The molecule has 0 aliphatic carbocycles. The first-order valence-electron chi connectivity index (χ1n) is 6.16. The maximum absolute atomic E-state index is 12.2. The SMILES string of the molecule is Cc1ccc(NC(=O)c2ccc(/C(N)=N/O)cc2)c(Br)c1. The number of amides is 1. The number of nitrogens with zero attached hydrogens (tertiary/aromatic N) is 1. The van der Waals surface area contributed by atoms with Crippen molar-refractivity contribution in [3.05, 3.63) is 63.6 Å². The van der Waals surface area contributed by atoms with Crippen molar-refractivity contribution in [2.24, 2.45) is 10.9 Å². The van der Waals surface area contributed by atoms with Crippen LogP contribution in [0.3, 0.4) is 0 Å². The molecule has 2 aromatic carbocycles. The minimum atomic E-state index is -0.231. The zero-order chi connectivity index (χ0) is 15.4. The fourth-order valence-electron chi connectivity index (χ4n) is 1.77. The number of nitrogens with two attached hydrogens (primary N) is 1. The molecule has 0 unspecified atom stereocenters. The third-order valence-electron chi connectivity index (χ3n) is 2.92. The Morgan fingerprint density at radius 2 is 1.81 bits per heavy atom. The van der Waals surface area contributed by atoms with E-state index in [1.807, 2.05) is 25.1 Å². The van der Waals surface area contributed by atoms with Crippen molar-refractivity contribution in [1.82, 2.24) is 0 Å². The lowest BCUT2D eigenvalue weighted by molar-refractivity contribution is 0.102. The van der Waals surface area contributed by atoms with E-state index in [1.165, 1.54) is 0 Å². The van der Waals surface area contributed by atoms with Crippen molar-refractivity contribution in [2.75, 3.05) is 5.32 Å². The summed E-state index contributed by atoms with van der Waals surface area (Å²) >= 11 is 3.41. The molecule has 0 atom stereocenters. The van der Waals surface area contributed by atoms with Gasteiger partial charge in [-0.25, -0.2) is 0 Å². The molecule has 108 valence electrons. The highest BCUT2D eigenvalue weighted by atomic mass is 79.9. The van der Waals surface area contributed by atoms with Crippen molar-refractivity contribution in [3.63, 3.8) is 0 Å². The Morgan fingerprint density at radius 3 is 2.38 bits per heavy atom. The highest BCUT2D eigenvalue weighted by Crippen LogP contribution is 2.23. The number of oxime groups is 1. The fourth-order valence-corrected chi connectivity index (χ4v) is 2.36. The first-order chi connectivity index (χ1) is 10.0. The number of aryl methyl sites for hydroxylation is 1. The highest BCUT2D eigenvalue weighted by Gasteiger charge is 2.09. The van der Waals surface area contributed by atoms with E-state index >= 15 is 0 Å². The number of carbonyl (C=O) groups is 1. The van der Waals surface area contributed by atoms with Crippen LogP contribution in [0.4, 0.5) is 5.69 Å². The second-order valence-electron chi connectivity index (χ2n) is 4.50. The van der Waals surface area contributed by atoms with E-state index < -0.39 is 0 Å². The summed E-state index contributed by atoms with van der Waals surface area (Å²) in [6.45, 7) is 1.97. The van der Waals surface area contributed by atoms with Crippen molar-refractivity contribution in [2.45, 2.75) is 6.92 Å². The zero-order valence-corrected chi connectivity index (χ0v) is 12.9. The third kappa shape index (κ3) is 3.61. The van der Waals surface area contributed by atoms with E-state index in [4.69, 9.17) is 10.9 Å². The number of rotatable bonds is 3. The van der Waals surface area contributed by atoms with Crippen LogP contribution in [-0.4, -0.2) is 17.0 Å². The van der Waals surface area contributed by atoms with Gasteiger partial charge < -0.3 is 16.3 Å². The van der Waals surface area contributed by atoms with Crippen LogP contribution in [0.1, 0.15) is 21.5 Å². The van der Waals surface area contributed by atoms with Gasteiger partial charge in [0.25, 0.3) is 5.91 Å². The number of anilines is 1. The van der Waals surface area contributed by atoms with Crippen LogP contribution in [0, 0.1) is 6.92 Å². The lowest BCUT2D eigenvalue weighted by Crippen LogP contribution is -2.15. The average Bonchev–Trinajstić information content (AvgIpc) is 2.49. The fraction of sp³-hybridized carbons (Fsp3) is 0.0667. The van der Waals surface area contributed by atoms with E-state index in [1.54, 1.807) is 24.3 Å². The number of nitrogens with one attached hydrogen (secondary N) is 1. The lowest BCUT2D eigenvalue weighted by Gasteiger charge is -2.08. The van der Waals surface area contributed by atoms with Crippen LogP contribution in [-0.2, 0) is 0 Å². The van der Waals surface area contributed by atoms with Gasteiger partial charge in [0.05, 0.1) is 5.69 Å². The van der Waals surface area contributed by atoms with Crippen LogP contribution < -0.4 is 11.1 Å². The van der Waals surface area contributed by atoms with Crippen molar-refractivity contribution in [3.8, 4) is 0 Å². The van der Waals surface area contributed by atoms with Crippen molar-refractivity contribution in [1.29, 1.82) is 0 Å². The molecule has 0 spiro atoms. The van der Waals surface area contributed by atoms with Gasteiger partial charge in [-0.2, -0.15) is 0 Å². The molecule has 0 radical (unpaired) electrons. The molecule has 0 heterocycles. The molecule has 4 N–H and O–H groups in total. The largest absolute Gasteiger partial charge is 0.409 e. The summed E-state index contributed by atoms with van der Waals surface area (Å²) in [6.07, 6.45) is 0. The van der Waals surface area contributed by atoms with Gasteiger partial charge in [-0.3, -0.25) is 4.79 Å². The van der Waals surface area contributed by atoms with Crippen LogP contribution in [0.5, 0.6) is 0 Å². The van der Waals surface area contributed by atoms with E-state index in [2.05, 4.69) is 26.4 Å². The van der Waals surface area contributed by atoms with Gasteiger partial charge in [-0.1, -0.05) is 23.4 Å². The second kappa shape index (κ2) is 6.41. The molecular weight excluding hydrogens is 334 g/mol. The van der Waals surface area contributed by atoms with Crippen LogP contribution >= 0.6 is 15.9 Å². The Hall–Kier alpha value is -2.34. The van der Waals surface area contributed by atoms with Gasteiger partial charge in [0, 0.05) is 15.6 Å². The first kappa shape index (κ1) is 15.1. The smallest absolute Gasteiger partial charge is 0.255 e. The molecule has 1 amide bonds. The van der Waals surface area contributed by atoms with Gasteiger partial charge in [0.15, 0.2) is 5.84 Å². The molecule has 0 saturated heterocycles. The molecule has 2 aromatic rings. The molecular formula is C15H14BrN3O2. The number of amidine groups is 1. The van der Waals surface area contributed by atoms with E-state index in [0.29, 0.717) is 16.8 Å². The zero-order valence-electron chi connectivity index (χ0n) is 11.3. The summed E-state index contributed by atoms with van der Waals surface area (Å²) < 4.78 is 0.823. The molecule has 5 nitrogen and oxygen atoms in total. The predicted octanol–water partition coefficient (Wildman–Crippen LogP) is 3.10. The molecule has 21 heavy (non-hydrogen) atoms. The topological polar surface area (TPSA) is 87.7 Å². The maximum atomic E-state index is 12.2. The standard InChI is InChI=1S/C15H14BrN3O2/c1-9-2-7-13(12(16)8-9)18-15(20)11-5-3-10(4-6-11)14(17)19-21/h2-8,21H,1H3,(H2,17,19)(H,18,20). The maximum Gasteiger partial charge on any atom is 0.255 e. The summed E-state index contributed by atoms with van der Waals surface area (Å²) in [5, 5.41) is 14.3. The molecule has 0 aliphatic heterocycles. The van der Waals surface area contributed by atoms with Crippen LogP contribution in [0.25, 0.3) is 0 Å². The van der Waals surface area contributed by atoms with Crippen LogP contribution in [0.2, 0.25) is 0 Å². The Bertz CT molecular complexity index is 697. The molecule has 2 rings (SSSR count). The quantitative estimate of drug-likeness (QED) is 0.345. The van der Waals surface area contributed by atoms with E-state index in [0.717, 1.165) is 10.0 Å². The number of hydrogen-bond donors (Lipinski definition) is 3. The first-order valence-corrected chi connectivity index (χ1v) is 6.96. The van der Waals surface area contributed by atoms with E-state index in [-0.39, 0.29) is 11.7 Å². The third-order valence-corrected chi connectivity index (χ3v) is 3.58. The molecule has 0 bridgehead atoms. The lowest BCUT2D eigenvalue weighted by atomic mass is 10.1. The van der Waals surface area contributed by atoms with Crippen LogP contribution in [0.15, 0.2) is 52.1 Å². The van der Waals surface area contributed by atoms with Gasteiger partial charge in [-0.15, -0.1) is 0 Å². The molecule has 0 saturated carbocycles. The normalized spacial score (nSPS) is 11.2. The van der Waals surface area contributed by atoms with Crippen molar-refractivity contribution >= 4 is 33.4 Å².